The van der Waals surface area contributed by atoms with Crippen molar-refractivity contribution in [3.63, 3.8) is 0 Å². The van der Waals surface area contributed by atoms with Gasteiger partial charge in [0.05, 0.1) is 22.6 Å². The average molecular weight is 539 g/mol. The van der Waals surface area contributed by atoms with Crippen LogP contribution in [0.1, 0.15) is 54.4 Å². The van der Waals surface area contributed by atoms with Crippen molar-refractivity contribution in [2.45, 2.75) is 73.9 Å². The Morgan fingerprint density at radius 1 is 1.15 bits per heavy atom. The lowest BCUT2D eigenvalue weighted by atomic mass is 9.48. The van der Waals surface area contributed by atoms with Crippen LogP contribution in [0.25, 0.3) is 6.08 Å². The molecule has 0 radical (unpaired) electrons. The summed E-state index contributed by atoms with van der Waals surface area (Å²) in [6.07, 6.45) is 3.58. The van der Waals surface area contributed by atoms with E-state index in [1.165, 1.54) is 36.6 Å². The second kappa shape index (κ2) is 8.58. The highest BCUT2D eigenvalue weighted by Gasteiger charge is 2.73. The molecule has 7 rings (SSSR count). The van der Waals surface area contributed by atoms with Gasteiger partial charge in [-0.2, -0.15) is 13.2 Å². The van der Waals surface area contributed by atoms with Crippen LogP contribution in [0.4, 0.5) is 13.2 Å². The summed E-state index contributed by atoms with van der Waals surface area (Å²) in [5, 5.41) is 12.6. The molecule has 1 N–H and O–H groups in total. The Morgan fingerprint density at radius 3 is 2.64 bits per heavy atom. The number of piperidine rings is 1. The standard InChI is InChI=1S/C31H33F3N2O3/c1-35(26(37)12-9-19-7-10-22(11-8-19)31(32,33)34)23-13-14-30(38)25-17-21-3-2-4-24-27(21)29(30,28(23)39-24)15-16-36(25)18-20-5-6-20/h2-4,7-12,20,23,25,28,38H,5-6,13-18H2,1H3/t23-,25-,28+,29+,30-/m1/s1. The molecule has 5 atom stereocenters. The van der Waals surface area contributed by atoms with Gasteiger partial charge in [-0.25, -0.2) is 0 Å². The SMILES string of the molecule is CN(C(=O)C=Cc1ccc(C(F)(F)F)cc1)[C@@H]1CC[C@@]2(O)[C@H]3Cc4cccc5c4[C@@]2(CCN3CC2CC2)[C@H]1O5. The largest absolute Gasteiger partial charge is 0.487 e. The first-order valence-electron chi connectivity index (χ1n) is 14.0. The van der Waals surface area contributed by atoms with E-state index in [-0.39, 0.29) is 24.1 Å². The number of carbonyl (C=O) groups is 1. The van der Waals surface area contributed by atoms with Crippen LogP contribution in [-0.4, -0.2) is 64.7 Å². The Balaban J connectivity index is 1.17. The van der Waals surface area contributed by atoms with Crippen molar-refractivity contribution in [3.8, 4) is 5.75 Å². The van der Waals surface area contributed by atoms with Crippen LogP contribution in [0.5, 0.6) is 5.75 Å². The minimum absolute atomic E-state index is 0.0420. The molecule has 2 bridgehead atoms. The zero-order valence-corrected chi connectivity index (χ0v) is 22.0. The van der Waals surface area contributed by atoms with Crippen molar-refractivity contribution in [2.75, 3.05) is 20.1 Å². The Morgan fingerprint density at radius 2 is 1.92 bits per heavy atom. The number of halogens is 3. The normalized spacial score (nSPS) is 33.1. The minimum atomic E-state index is -4.40. The number of hydrogen-bond acceptors (Lipinski definition) is 4. The fraction of sp³-hybridized carbons (Fsp3) is 0.516. The van der Waals surface area contributed by atoms with Crippen LogP contribution in [0.15, 0.2) is 48.5 Å². The van der Waals surface area contributed by atoms with Gasteiger partial charge in [0.25, 0.3) is 0 Å². The maximum Gasteiger partial charge on any atom is 0.416 e. The van der Waals surface area contributed by atoms with E-state index in [2.05, 4.69) is 11.0 Å². The number of aliphatic hydroxyl groups is 1. The molecular formula is C31H33F3N2O3. The molecule has 8 heteroatoms. The number of nitrogens with zero attached hydrogens (tertiary/aromatic N) is 2. The highest BCUT2D eigenvalue weighted by Crippen LogP contribution is 2.64. The zero-order chi connectivity index (χ0) is 27.2. The Kier molecular flexibility index (Phi) is 5.53. The van der Waals surface area contributed by atoms with Gasteiger partial charge in [0.2, 0.25) is 5.91 Å². The number of alkyl halides is 3. The monoisotopic (exact) mass is 538 g/mol. The first-order valence-corrected chi connectivity index (χ1v) is 14.0. The highest BCUT2D eigenvalue weighted by molar-refractivity contribution is 5.92. The van der Waals surface area contributed by atoms with E-state index in [4.69, 9.17) is 4.74 Å². The Labute approximate surface area is 226 Å². The summed E-state index contributed by atoms with van der Waals surface area (Å²) in [7, 11) is 1.76. The molecule has 2 aliphatic heterocycles. The lowest BCUT2D eigenvalue weighted by Crippen LogP contribution is -2.78. The Hall–Kier alpha value is -2.84. The third-order valence-electron chi connectivity index (χ3n) is 10.1. The van der Waals surface area contributed by atoms with Crippen molar-refractivity contribution in [1.29, 1.82) is 0 Å². The lowest BCUT2D eigenvalue weighted by Gasteiger charge is -2.64. The van der Waals surface area contributed by atoms with E-state index in [1.807, 2.05) is 12.1 Å². The summed E-state index contributed by atoms with van der Waals surface area (Å²) in [6, 6.07) is 10.8. The lowest BCUT2D eigenvalue weighted by molar-refractivity contribution is -0.200. The van der Waals surface area contributed by atoms with Crippen molar-refractivity contribution < 1.29 is 27.8 Å². The average Bonchev–Trinajstić information content (AvgIpc) is 3.66. The van der Waals surface area contributed by atoms with Gasteiger partial charge in [0, 0.05) is 31.3 Å². The fourth-order valence-corrected chi connectivity index (χ4v) is 8.05. The van der Waals surface area contributed by atoms with Crippen molar-refractivity contribution in [3.05, 3.63) is 70.8 Å². The van der Waals surface area contributed by atoms with Gasteiger partial charge in [0.15, 0.2) is 0 Å². The van der Waals surface area contributed by atoms with Gasteiger partial charge in [-0.05, 0) is 86.4 Å². The summed E-state index contributed by atoms with van der Waals surface area (Å²) >= 11 is 0. The van der Waals surface area contributed by atoms with Crippen molar-refractivity contribution in [2.24, 2.45) is 5.92 Å². The molecular weight excluding hydrogens is 505 g/mol. The molecule has 0 aromatic heterocycles. The summed E-state index contributed by atoms with van der Waals surface area (Å²) in [5.41, 5.74) is 0.724. The number of benzene rings is 2. The summed E-state index contributed by atoms with van der Waals surface area (Å²) in [4.78, 5) is 17.6. The van der Waals surface area contributed by atoms with E-state index in [1.54, 1.807) is 18.0 Å². The predicted molar refractivity (Wildman–Crippen MR) is 140 cm³/mol. The van der Waals surface area contributed by atoms with Gasteiger partial charge >= 0.3 is 6.18 Å². The van der Waals surface area contributed by atoms with Crippen LogP contribution in [0, 0.1) is 5.92 Å². The molecule has 2 heterocycles. The molecule has 3 aliphatic carbocycles. The van der Waals surface area contributed by atoms with Crippen LogP contribution in [0.3, 0.4) is 0 Å². The van der Waals surface area contributed by atoms with Crippen LogP contribution in [0.2, 0.25) is 0 Å². The van der Waals surface area contributed by atoms with Crippen LogP contribution >= 0.6 is 0 Å². The molecule has 39 heavy (non-hydrogen) atoms. The predicted octanol–water partition coefficient (Wildman–Crippen LogP) is 4.81. The third kappa shape index (κ3) is 3.70. The fourth-order valence-electron chi connectivity index (χ4n) is 8.05. The van der Waals surface area contributed by atoms with Gasteiger partial charge in [-0.3, -0.25) is 9.69 Å². The Bertz CT molecular complexity index is 1340. The highest BCUT2D eigenvalue weighted by atomic mass is 19.4. The molecule has 5 nitrogen and oxygen atoms in total. The maximum atomic E-state index is 13.3. The molecule has 206 valence electrons. The molecule has 2 saturated carbocycles. The van der Waals surface area contributed by atoms with Gasteiger partial charge in [0.1, 0.15) is 11.9 Å². The number of likely N-dealkylation sites (N-methyl/N-ethyl adjacent to an activating group) is 1. The van der Waals surface area contributed by atoms with Gasteiger partial charge in [-0.1, -0.05) is 24.3 Å². The number of carbonyl (C=O) groups excluding carboxylic acids is 1. The van der Waals surface area contributed by atoms with Crippen LogP contribution < -0.4 is 4.74 Å². The molecule has 1 amide bonds. The summed E-state index contributed by atoms with van der Waals surface area (Å²) in [6.45, 7) is 1.95. The van der Waals surface area contributed by atoms with E-state index in [0.717, 1.165) is 55.3 Å². The van der Waals surface area contributed by atoms with Crippen molar-refractivity contribution >= 4 is 12.0 Å². The molecule has 2 aromatic carbocycles. The quantitative estimate of drug-likeness (QED) is 0.556. The van der Waals surface area contributed by atoms with Gasteiger partial charge < -0.3 is 14.7 Å². The van der Waals surface area contributed by atoms with E-state index in [0.29, 0.717) is 18.4 Å². The number of likely N-dealkylation sites (tertiary alicyclic amines) is 1. The zero-order valence-electron chi connectivity index (χ0n) is 22.0. The van der Waals surface area contributed by atoms with E-state index < -0.39 is 22.8 Å². The van der Waals surface area contributed by atoms with Crippen molar-refractivity contribution in [1.82, 2.24) is 9.80 Å². The topological polar surface area (TPSA) is 53.0 Å². The molecule has 2 aromatic rings. The maximum absolute atomic E-state index is 13.3. The van der Waals surface area contributed by atoms with E-state index >= 15 is 0 Å². The third-order valence-corrected chi connectivity index (χ3v) is 10.1. The molecule has 0 unspecified atom stereocenters. The molecule has 5 aliphatic rings. The first kappa shape index (κ1) is 25.1. The number of amides is 1. The number of hydrogen-bond donors (Lipinski definition) is 1. The first-order chi connectivity index (χ1) is 18.6. The van der Waals surface area contributed by atoms with Crippen LogP contribution in [-0.2, 0) is 22.8 Å². The minimum Gasteiger partial charge on any atom is -0.487 e. The summed E-state index contributed by atoms with van der Waals surface area (Å²) < 4.78 is 45.3. The summed E-state index contributed by atoms with van der Waals surface area (Å²) in [5.74, 6) is 1.33. The second-order valence-corrected chi connectivity index (χ2v) is 12.1. The molecule has 1 saturated heterocycles. The van der Waals surface area contributed by atoms with E-state index in [9.17, 15) is 23.1 Å². The number of ether oxygens (including phenoxy) is 1. The molecule has 1 spiro atoms. The number of rotatable bonds is 5. The molecule has 3 fully saturated rings. The second-order valence-electron chi connectivity index (χ2n) is 12.1. The van der Waals surface area contributed by atoms with Gasteiger partial charge in [-0.15, -0.1) is 0 Å². The smallest absolute Gasteiger partial charge is 0.416 e.